The van der Waals surface area contributed by atoms with Crippen molar-refractivity contribution in [3.8, 4) is 0 Å². The van der Waals surface area contributed by atoms with Gasteiger partial charge in [0, 0.05) is 0 Å². The molecule has 50 heavy (non-hydrogen) atoms. The number of amides is 1. The van der Waals surface area contributed by atoms with Crippen LogP contribution in [0.4, 0.5) is 0 Å². The zero-order chi connectivity index (χ0) is 36.8. The Morgan fingerprint density at radius 3 is 1.64 bits per heavy atom. The van der Waals surface area contributed by atoms with E-state index in [1.54, 1.807) is 0 Å². The molecule has 1 amide bonds. The van der Waals surface area contributed by atoms with Crippen molar-refractivity contribution >= 4 is 5.91 Å². The van der Waals surface area contributed by atoms with Gasteiger partial charge in [0.1, 0.15) is 30.5 Å². The van der Waals surface area contributed by atoms with Crippen molar-refractivity contribution in [3.05, 3.63) is 12.2 Å². The number of hydrogen-bond donors (Lipinski definition) is 7. The van der Waals surface area contributed by atoms with E-state index < -0.39 is 61.5 Å². The summed E-state index contributed by atoms with van der Waals surface area (Å²) in [7, 11) is 0. The molecule has 1 rings (SSSR count). The number of aliphatic hydroxyl groups excluding tert-OH is 6. The van der Waals surface area contributed by atoms with Gasteiger partial charge < -0.3 is 45.4 Å². The van der Waals surface area contributed by atoms with Crippen molar-refractivity contribution in [1.29, 1.82) is 0 Å². The van der Waals surface area contributed by atoms with E-state index in [0.717, 1.165) is 57.8 Å². The fraction of sp³-hybridized carbons (Fsp3) is 0.925. The zero-order valence-corrected chi connectivity index (χ0v) is 31.8. The summed E-state index contributed by atoms with van der Waals surface area (Å²) >= 11 is 0. The maximum atomic E-state index is 13.0. The average Bonchev–Trinajstić information content (AvgIpc) is 3.11. The van der Waals surface area contributed by atoms with Gasteiger partial charge in [-0.3, -0.25) is 4.79 Å². The molecule has 7 N–H and O–H groups in total. The lowest BCUT2D eigenvalue weighted by molar-refractivity contribution is -0.302. The van der Waals surface area contributed by atoms with Crippen molar-refractivity contribution in [3.63, 3.8) is 0 Å². The summed E-state index contributed by atoms with van der Waals surface area (Å²) in [5, 5.41) is 64.5. The van der Waals surface area contributed by atoms with Crippen LogP contribution >= 0.6 is 0 Å². The maximum Gasteiger partial charge on any atom is 0.249 e. The molecule has 10 heteroatoms. The van der Waals surface area contributed by atoms with Crippen molar-refractivity contribution in [2.45, 2.75) is 223 Å². The van der Waals surface area contributed by atoms with Crippen LogP contribution in [0.1, 0.15) is 174 Å². The smallest absolute Gasteiger partial charge is 0.249 e. The van der Waals surface area contributed by atoms with E-state index in [9.17, 15) is 35.4 Å². The topological polar surface area (TPSA) is 169 Å². The molecular formula is C40H77NO9. The molecule has 0 aromatic heterocycles. The molecule has 0 spiro atoms. The third-order valence-corrected chi connectivity index (χ3v) is 9.98. The fourth-order valence-corrected chi connectivity index (χ4v) is 6.51. The number of rotatable bonds is 33. The molecule has 1 aliphatic rings. The second-order valence-electron chi connectivity index (χ2n) is 14.6. The first-order valence-corrected chi connectivity index (χ1v) is 20.5. The second kappa shape index (κ2) is 31.4. The highest BCUT2D eigenvalue weighted by atomic mass is 16.7. The first kappa shape index (κ1) is 46.9. The van der Waals surface area contributed by atoms with Gasteiger partial charge in [-0.05, 0) is 38.5 Å². The van der Waals surface area contributed by atoms with Crippen molar-refractivity contribution in [2.75, 3.05) is 13.2 Å². The van der Waals surface area contributed by atoms with Gasteiger partial charge in [0.25, 0.3) is 0 Å². The van der Waals surface area contributed by atoms with E-state index in [4.69, 9.17) is 9.47 Å². The van der Waals surface area contributed by atoms with Gasteiger partial charge in [-0.15, -0.1) is 0 Å². The molecule has 1 saturated heterocycles. The molecular weight excluding hydrogens is 638 g/mol. The Bertz CT molecular complexity index is 814. The Balaban J connectivity index is 2.48. The average molecular weight is 716 g/mol. The van der Waals surface area contributed by atoms with Gasteiger partial charge in [0.15, 0.2) is 6.29 Å². The highest BCUT2D eigenvalue weighted by molar-refractivity contribution is 5.80. The number of carbonyl (C=O) groups excluding carboxylic acids is 1. The summed E-state index contributed by atoms with van der Waals surface area (Å²) in [6.07, 6.45) is 22.6. The summed E-state index contributed by atoms with van der Waals surface area (Å²) in [5.74, 6) is -0.593. The molecule has 8 atom stereocenters. The van der Waals surface area contributed by atoms with Gasteiger partial charge in [0.05, 0.1) is 25.4 Å². The van der Waals surface area contributed by atoms with E-state index in [0.29, 0.717) is 12.8 Å². The quantitative estimate of drug-likeness (QED) is 0.0302. The molecule has 1 fully saturated rings. The lowest BCUT2D eigenvalue weighted by Gasteiger charge is -2.40. The molecule has 0 saturated carbocycles. The molecule has 0 aromatic rings. The normalized spacial score (nSPS) is 22.9. The SMILES string of the molecule is CCCCCCCCC=CCCCCC[C@@H](O)[C@H](CO[C@@H]1O[C@H](CO)[C@@H](O)[C@H](O)[C@H]1O)NC(=O)[C@H](O)CCCCCCCCCCCCCC. The minimum Gasteiger partial charge on any atom is -0.394 e. The molecule has 0 radical (unpaired) electrons. The molecule has 0 aromatic carbocycles. The van der Waals surface area contributed by atoms with E-state index in [1.807, 2.05) is 0 Å². The predicted molar refractivity (Wildman–Crippen MR) is 200 cm³/mol. The molecule has 0 bridgehead atoms. The third-order valence-electron chi connectivity index (χ3n) is 9.98. The van der Waals surface area contributed by atoms with Crippen LogP contribution in [-0.4, -0.2) is 98.7 Å². The molecule has 0 aliphatic carbocycles. The summed E-state index contributed by atoms with van der Waals surface area (Å²) in [5.41, 5.74) is 0. The van der Waals surface area contributed by atoms with Crippen LogP contribution in [0.3, 0.4) is 0 Å². The predicted octanol–water partition coefficient (Wildman–Crippen LogP) is 6.36. The van der Waals surface area contributed by atoms with Crippen LogP contribution in [-0.2, 0) is 14.3 Å². The molecule has 1 heterocycles. The Hall–Kier alpha value is -1.11. The molecule has 10 nitrogen and oxygen atoms in total. The van der Waals surface area contributed by atoms with Gasteiger partial charge in [-0.25, -0.2) is 0 Å². The molecule has 1 aliphatic heterocycles. The number of allylic oxidation sites excluding steroid dienone is 2. The number of hydrogen-bond acceptors (Lipinski definition) is 9. The van der Waals surface area contributed by atoms with Crippen molar-refractivity contribution in [1.82, 2.24) is 5.32 Å². The van der Waals surface area contributed by atoms with Crippen LogP contribution in [0.5, 0.6) is 0 Å². The Morgan fingerprint density at radius 2 is 1.12 bits per heavy atom. The van der Waals surface area contributed by atoms with E-state index in [2.05, 4.69) is 31.3 Å². The van der Waals surface area contributed by atoms with Gasteiger partial charge in [-0.2, -0.15) is 0 Å². The second-order valence-corrected chi connectivity index (χ2v) is 14.6. The first-order chi connectivity index (χ1) is 24.3. The number of aliphatic hydroxyl groups is 6. The number of carbonyl (C=O) groups is 1. The third kappa shape index (κ3) is 22.1. The standard InChI is InChI=1S/C40H77NO9/c1-3-5-7-9-11-13-15-17-19-20-22-24-26-28-33(43)32(31-49-40-38(47)37(46)36(45)35(30-42)50-40)41-39(48)34(44)29-27-25-23-21-18-16-14-12-10-8-6-4-2/h17,19,32-38,40,42-47H,3-16,18,20-31H2,1-2H3,(H,41,48)/t32-,33+,34+,35+,36+,37-,38+,40+/m0/s1. The van der Waals surface area contributed by atoms with Crippen LogP contribution in [0.25, 0.3) is 0 Å². The van der Waals surface area contributed by atoms with Gasteiger partial charge in [-0.1, -0.05) is 148 Å². The summed E-state index contributed by atoms with van der Waals surface area (Å²) in [6.45, 7) is 3.61. The van der Waals surface area contributed by atoms with Crippen LogP contribution in [0.2, 0.25) is 0 Å². The van der Waals surface area contributed by atoms with Crippen molar-refractivity contribution < 1.29 is 44.9 Å². The maximum absolute atomic E-state index is 13.0. The summed E-state index contributed by atoms with van der Waals surface area (Å²) in [6, 6.07) is -0.899. The first-order valence-electron chi connectivity index (χ1n) is 20.5. The lowest BCUT2D eigenvalue weighted by Crippen LogP contribution is -2.60. The highest BCUT2D eigenvalue weighted by Gasteiger charge is 2.44. The highest BCUT2D eigenvalue weighted by Crippen LogP contribution is 2.23. The van der Waals surface area contributed by atoms with Crippen LogP contribution in [0.15, 0.2) is 12.2 Å². The van der Waals surface area contributed by atoms with Gasteiger partial charge >= 0.3 is 0 Å². The van der Waals surface area contributed by atoms with E-state index in [1.165, 1.54) is 89.9 Å². The van der Waals surface area contributed by atoms with Crippen LogP contribution < -0.4 is 5.32 Å². The number of ether oxygens (including phenoxy) is 2. The van der Waals surface area contributed by atoms with Crippen molar-refractivity contribution in [2.24, 2.45) is 0 Å². The monoisotopic (exact) mass is 716 g/mol. The number of unbranched alkanes of at least 4 members (excludes halogenated alkanes) is 20. The minimum absolute atomic E-state index is 0.262. The molecule has 296 valence electrons. The Morgan fingerprint density at radius 1 is 0.660 bits per heavy atom. The largest absolute Gasteiger partial charge is 0.394 e. The number of nitrogens with one attached hydrogen (secondary N) is 1. The summed E-state index contributed by atoms with van der Waals surface area (Å²) < 4.78 is 11.1. The van der Waals surface area contributed by atoms with E-state index in [-0.39, 0.29) is 6.61 Å². The Kier molecular flexibility index (Phi) is 29.5. The van der Waals surface area contributed by atoms with E-state index >= 15 is 0 Å². The van der Waals surface area contributed by atoms with Crippen LogP contribution in [0, 0.1) is 0 Å². The zero-order valence-electron chi connectivity index (χ0n) is 31.8. The molecule has 0 unspecified atom stereocenters. The Labute approximate surface area is 304 Å². The fourth-order valence-electron chi connectivity index (χ4n) is 6.51. The van der Waals surface area contributed by atoms with Gasteiger partial charge in [0.2, 0.25) is 5.91 Å². The lowest BCUT2D eigenvalue weighted by atomic mass is 9.99. The summed E-state index contributed by atoms with van der Waals surface area (Å²) in [4.78, 5) is 13.0. The minimum atomic E-state index is -1.60.